The Kier molecular flexibility index (Phi) is 5.01. The minimum absolute atomic E-state index is 0.224. The molecule has 0 bridgehead atoms. The molecule has 2 aromatic heterocycles. The molecule has 2 rings (SSSR count). The van der Waals surface area contributed by atoms with E-state index in [-0.39, 0.29) is 5.56 Å². The van der Waals surface area contributed by atoms with E-state index in [1.807, 2.05) is 22.3 Å². The second-order valence-corrected chi connectivity index (χ2v) is 7.19. The fraction of sp³-hybridized carbons (Fsp3) is 0.154. The minimum atomic E-state index is -3.54. The van der Waals surface area contributed by atoms with E-state index in [9.17, 15) is 18.0 Å². The first-order valence-corrected chi connectivity index (χ1v) is 8.94. The first-order chi connectivity index (χ1) is 10.4. The molecule has 1 unspecified atom stereocenters. The van der Waals surface area contributed by atoms with E-state index >= 15 is 0 Å². The predicted molar refractivity (Wildman–Crippen MR) is 80.6 cm³/mol. The number of sulfonamides is 1. The molecule has 0 aliphatic carbocycles. The molecule has 0 aromatic carbocycles. The number of carbonyl (C=O) groups is 2. The van der Waals surface area contributed by atoms with Crippen LogP contribution in [0.25, 0.3) is 0 Å². The highest BCUT2D eigenvalue weighted by atomic mass is 32.2. The SMILES string of the molecule is CS(=O)(=O)NNC(=O)c1ccc[n+](C(C=O)c2cccs2)c1. The summed E-state index contributed by atoms with van der Waals surface area (Å²) in [5.74, 6) is -0.615. The monoisotopic (exact) mass is 340 g/mol. The molecular weight excluding hydrogens is 326 g/mol. The first-order valence-electron chi connectivity index (χ1n) is 6.17. The van der Waals surface area contributed by atoms with Gasteiger partial charge in [-0.25, -0.2) is 8.42 Å². The van der Waals surface area contributed by atoms with Crippen LogP contribution >= 0.6 is 11.3 Å². The standard InChI is InChI=1S/C13H13N3O4S2/c1-22(19,20)15-14-13(18)10-4-2-6-16(8-10)11(9-17)12-5-3-7-21-12/h2-9,11,15H,1H3/p+1. The number of hydrogen-bond donors (Lipinski definition) is 2. The zero-order chi connectivity index (χ0) is 16.2. The zero-order valence-electron chi connectivity index (χ0n) is 11.6. The molecule has 0 spiro atoms. The number of amides is 1. The van der Waals surface area contributed by atoms with Crippen molar-refractivity contribution in [2.75, 3.05) is 6.26 Å². The van der Waals surface area contributed by atoms with Crippen LogP contribution in [0.2, 0.25) is 0 Å². The Balaban J connectivity index is 2.22. The van der Waals surface area contributed by atoms with Gasteiger partial charge in [0, 0.05) is 6.07 Å². The molecule has 0 saturated carbocycles. The average molecular weight is 340 g/mol. The van der Waals surface area contributed by atoms with Crippen LogP contribution < -0.4 is 14.8 Å². The van der Waals surface area contributed by atoms with Crippen molar-refractivity contribution >= 4 is 33.6 Å². The Hall–Kier alpha value is -2.10. The molecule has 0 aliphatic heterocycles. The molecule has 0 aliphatic rings. The smallest absolute Gasteiger partial charge is 0.272 e. The number of thiophene rings is 1. The van der Waals surface area contributed by atoms with Gasteiger partial charge in [-0.15, -0.1) is 16.2 Å². The molecule has 0 radical (unpaired) electrons. The van der Waals surface area contributed by atoms with Gasteiger partial charge in [0.2, 0.25) is 16.1 Å². The molecule has 1 atom stereocenters. The van der Waals surface area contributed by atoms with Crippen molar-refractivity contribution in [2.45, 2.75) is 6.04 Å². The molecule has 2 aromatic rings. The van der Waals surface area contributed by atoms with Crippen molar-refractivity contribution in [1.29, 1.82) is 0 Å². The fourth-order valence-electron chi connectivity index (χ4n) is 1.76. The van der Waals surface area contributed by atoms with Gasteiger partial charge >= 0.3 is 0 Å². The lowest BCUT2D eigenvalue weighted by Crippen LogP contribution is -2.44. The van der Waals surface area contributed by atoms with Crippen LogP contribution in [0.15, 0.2) is 42.0 Å². The van der Waals surface area contributed by atoms with Gasteiger partial charge in [-0.05, 0) is 17.5 Å². The summed E-state index contributed by atoms with van der Waals surface area (Å²) in [6.07, 6.45) is 4.86. The van der Waals surface area contributed by atoms with E-state index in [1.165, 1.54) is 23.6 Å². The maximum Gasteiger partial charge on any atom is 0.272 e. The van der Waals surface area contributed by atoms with E-state index < -0.39 is 22.0 Å². The largest absolute Gasteiger partial charge is 0.295 e. The normalized spacial score (nSPS) is 12.6. The third-order valence-electron chi connectivity index (χ3n) is 2.72. The number of pyridine rings is 1. The van der Waals surface area contributed by atoms with Crippen molar-refractivity contribution in [3.63, 3.8) is 0 Å². The van der Waals surface area contributed by atoms with Gasteiger partial charge in [-0.3, -0.25) is 15.0 Å². The molecule has 9 heteroatoms. The Morgan fingerprint density at radius 3 is 2.73 bits per heavy atom. The fourth-order valence-corrected chi connectivity index (χ4v) is 2.82. The molecular formula is C13H14N3O4S2+. The summed E-state index contributed by atoms with van der Waals surface area (Å²) in [4.78, 5) is 26.0. The number of rotatable bonds is 6. The quantitative estimate of drug-likeness (QED) is 0.440. The predicted octanol–water partition coefficient (Wildman–Crippen LogP) is 0.0179. The van der Waals surface area contributed by atoms with Gasteiger partial charge in [-0.1, -0.05) is 6.07 Å². The van der Waals surface area contributed by atoms with Crippen LogP contribution in [0.3, 0.4) is 0 Å². The third-order valence-corrected chi connectivity index (χ3v) is 4.13. The van der Waals surface area contributed by atoms with E-state index in [0.717, 1.165) is 17.4 Å². The van der Waals surface area contributed by atoms with Crippen LogP contribution in [0, 0.1) is 0 Å². The summed E-state index contributed by atoms with van der Waals surface area (Å²) in [5, 5.41) is 1.86. The van der Waals surface area contributed by atoms with E-state index in [0.29, 0.717) is 0 Å². The molecule has 22 heavy (non-hydrogen) atoms. The number of aldehydes is 1. The highest BCUT2D eigenvalue weighted by Crippen LogP contribution is 2.16. The van der Waals surface area contributed by atoms with Crippen LogP contribution in [0.1, 0.15) is 21.3 Å². The van der Waals surface area contributed by atoms with Crippen LogP contribution in [0.4, 0.5) is 0 Å². The highest BCUT2D eigenvalue weighted by Gasteiger charge is 2.22. The van der Waals surface area contributed by atoms with Crippen molar-refractivity contribution in [1.82, 2.24) is 10.3 Å². The molecule has 116 valence electrons. The summed E-state index contributed by atoms with van der Waals surface area (Å²) in [7, 11) is -3.54. The van der Waals surface area contributed by atoms with Gasteiger partial charge in [0.15, 0.2) is 18.7 Å². The Bertz CT molecular complexity index is 772. The lowest BCUT2D eigenvalue weighted by Gasteiger charge is -2.06. The van der Waals surface area contributed by atoms with Gasteiger partial charge < -0.3 is 0 Å². The number of hydrogen-bond acceptors (Lipinski definition) is 5. The van der Waals surface area contributed by atoms with Crippen molar-refractivity contribution in [3.05, 3.63) is 52.5 Å². The molecule has 7 nitrogen and oxygen atoms in total. The van der Waals surface area contributed by atoms with Gasteiger partial charge in [0.05, 0.1) is 11.1 Å². The number of aromatic nitrogens is 1. The van der Waals surface area contributed by atoms with Crippen molar-refractivity contribution in [3.8, 4) is 0 Å². The Morgan fingerprint density at radius 1 is 1.36 bits per heavy atom. The van der Waals surface area contributed by atoms with E-state index in [1.54, 1.807) is 16.8 Å². The third kappa shape index (κ3) is 4.20. The molecule has 2 heterocycles. The summed E-state index contributed by atoms with van der Waals surface area (Å²) in [5.41, 5.74) is 2.31. The van der Waals surface area contributed by atoms with Crippen molar-refractivity contribution in [2.24, 2.45) is 0 Å². The molecule has 0 saturated heterocycles. The number of hydrazine groups is 1. The van der Waals surface area contributed by atoms with E-state index in [4.69, 9.17) is 0 Å². The number of carbonyl (C=O) groups excluding carboxylic acids is 2. The van der Waals surface area contributed by atoms with Crippen LogP contribution in [-0.4, -0.2) is 26.9 Å². The summed E-state index contributed by atoms with van der Waals surface area (Å²) < 4.78 is 23.5. The highest BCUT2D eigenvalue weighted by molar-refractivity contribution is 7.88. The summed E-state index contributed by atoms with van der Waals surface area (Å²) >= 11 is 1.43. The second-order valence-electron chi connectivity index (χ2n) is 4.46. The van der Waals surface area contributed by atoms with Gasteiger partial charge in [0.1, 0.15) is 5.56 Å². The summed E-state index contributed by atoms with van der Waals surface area (Å²) in [6, 6.07) is 6.26. The maximum atomic E-state index is 11.9. The average Bonchev–Trinajstić information content (AvgIpc) is 2.99. The maximum absolute atomic E-state index is 11.9. The number of nitrogens with zero attached hydrogens (tertiary/aromatic N) is 1. The van der Waals surface area contributed by atoms with Crippen LogP contribution in [0.5, 0.6) is 0 Å². The minimum Gasteiger partial charge on any atom is -0.295 e. The van der Waals surface area contributed by atoms with Crippen molar-refractivity contribution < 1.29 is 22.6 Å². The summed E-state index contributed by atoms with van der Waals surface area (Å²) in [6.45, 7) is 0. The Labute approximate surface area is 131 Å². The second kappa shape index (κ2) is 6.77. The molecule has 0 fully saturated rings. The van der Waals surface area contributed by atoms with Gasteiger partial charge in [-0.2, -0.15) is 4.57 Å². The lowest BCUT2D eigenvalue weighted by atomic mass is 10.2. The topological polar surface area (TPSA) is 96.2 Å². The lowest BCUT2D eigenvalue weighted by molar-refractivity contribution is -0.698. The van der Waals surface area contributed by atoms with Crippen LogP contribution in [-0.2, 0) is 14.8 Å². The Morgan fingerprint density at radius 2 is 2.14 bits per heavy atom. The van der Waals surface area contributed by atoms with Gasteiger partial charge in [0.25, 0.3) is 5.91 Å². The first kappa shape index (κ1) is 16.3. The zero-order valence-corrected chi connectivity index (χ0v) is 13.2. The number of nitrogens with one attached hydrogen (secondary N) is 2. The van der Waals surface area contributed by atoms with E-state index in [2.05, 4.69) is 5.43 Å². The molecule has 1 amide bonds. The molecule has 2 N–H and O–H groups in total.